The average Bonchev–Trinajstić information content (AvgIpc) is 2.72. The Morgan fingerprint density at radius 2 is 1.64 bits per heavy atom. The molecule has 0 aliphatic heterocycles. The molecule has 0 aliphatic rings. The molecule has 2 unspecified atom stereocenters. The molecule has 4 heteroatoms. The topological polar surface area (TPSA) is 52.6 Å². The highest BCUT2D eigenvalue weighted by molar-refractivity contribution is 5.69. The summed E-state index contributed by atoms with van der Waals surface area (Å²) < 4.78 is 10.2. The maximum absolute atomic E-state index is 12.4. The molecule has 1 rings (SSSR count). The average molecular weight is 391 g/mol. The van der Waals surface area contributed by atoms with E-state index in [0.29, 0.717) is 31.3 Å². The first kappa shape index (κ1) is 24.2. The van der Waals surface area contributed by atoms with Crippen molar-refractivity contribution in [3.63, 3.8) is 0 Å². The number of rotatable bonds is 15. The molecule has 0 saturated heterocycles. The number of hydrogen-bond donors (Lipinski definition) is 0. The van der Waals surface area contributed by atoms with E-state index in [-0.39, 0.29) is 11.9 Å². The largest absolute Gasteiger partial charge is 0.469 e. The molecule has 0 fully saturated rings. The van der Waals surface area contributed by atoms with Gasteiger partial charge in [-0.3, -0.25) is 9.59 Å². The van der Waals surface area contributed by atoms with Gasteiger partial charge in [0.15, 0.2) is 0 Å². The third-order valence-electron chi connectivity index (χ3n) is 5.38. The van der Waals surface area contributed by atoms with Gasteiger partial charge in [-0.1, -0.05) is 76.3 Å². The van der Waals surface area contributed by atoms with Crippen molar-refractivity contribution >= 4 is 11.9 Å². The second-order valence-corrected chi connectivity index (χ2v) is 7.69. The van der Waals surface area contributed by atoms with E-state index in [0.717, 1.165) is 37.7 Å². The van der Waals surface area contributed by atoms with Crippen LogP contribution >= 0.6 is 0 Å². The molecular weight excluding hydrogens is 352 g/mol. The Labute approximate surface area is 171 Å². The Morgan fingerprint density at radius 3 is 2.29 bits per heavy atom. The van der Waals surface area contributed by atoms with Gasteiger partial charge in [0, 0.05) is 12.8 Å². The molecule has 2 atom stereocenters. The first-order valence-electron chi connectivity index (χ1n) is 10.8. The Hall–Kier alpha value is -1.84. The van der Waals surface area contributed by atoms with Crippen LogP contribution in [0.3, 0.4) is 0 Å². The first-order valence-corrected chi connectivity index (χ1v) is 10.8. The van der Waals surface area contributed by atoms with Crippen molar-refractivity contribution in [1.29, 1.82) is 0 Å². The van der Waals surface area contributed by atoms with Crippen LogP contribution in [-0.2, 0) is 25.7 Å². The predicted octanol–water partition coefficient (Wildman–Crippen LogP) is 6.08. The smallest absolute Gasteiger partial charge is 0.306 e. The molecular formula is C24H38O4. The van der Waals surface area contributed by atoms with Crippen molar-refractivity contribution in [1.82, 2.24) is 0 Å². The SMILES string of the molecule is CCCCC(CC)CC(CCCCC(=O)OC)CC(=O)OCc1ccccc1. The van der Waals surface area contributed by atoms with Crippen molar-refractivity contribution in [3.05, 3.63) is 35.9 Å². The van der Waals surface area contributed by atoms with Crippen LogP contribution in [0.2, 0.25) is 0 Å². The van der Waals surface area contributed by atoms with E-state index in [2.05, 4.69) is 13.8 Å². The van der Waals surface area contributed by atoms with E-state index in [1.165, 1.54) is 26.4 Å². The minimum atomic E-state index is -0.159. The fourth-order valence-corrected chi connectivity index (χ4v) is 3.59. The molecule has 0 bridgehead atoms. The molecule has 28 heavy (non-hydrogen) atoms. The summed E-state index contributed by atoms with van der Waals surface area (Å²) >= 11 is 0. The fraction of sp³-hybridized carbons (Fsp3) is 0.667. The van der Waals surface area contributed by atoms with Crippen molar-refractivity contribution in [2.24, 2.45) is 11.8 Å². The van der Waals surface area contributed by atoms with Gasteiger partial charge in [-0.2, -0.15) is 0 Å². The zero-order valence-corrected chi connectivity index (χ0v) is 18.0. The van der Waals surface area contributed by atoms with Gasteiger partial charge in [0.05, 0.1) is 7.11 Å². The maximum Gasteiger partial charge on any atom is 0.306 e. The van der Waals surface area contributed by atoms with Gasteiger partial charge in [0.25, 0.3) is 0 Å². The van der Waals surface area contributed by atoms with Gasteiger partial charge in [-0.15, -0.1) is 0 Å². The van der Waals surface area contributed by atoms with Crippen LogP contribution in [-0.4, -0.2) is 19.0 Å². The monoisotopic (exact) mass is 390 g/mol. The van der Waals surface area contributed by atoms with Gasteiger partial charge in [0.2, 0.25) is 0 Å². The molecule has 1 aromatic rings. The van der Waals surface area contributed by atoms with Crippen molar-refractivity contribution in [3.8, 4) is 0 Å². The summed E-state index contributed by atoms with van der Waals surface area (Å²) in [4.78, 5) is 23.7. The number of ether oxygens (including phenoxy) is 2. The molecule has 0 aliphatic carbocycles. The zero-order chi connectivity index (χ0) is 20.6. The molecule has 158 valence electrons. The van der Waals surface area contributed by atoms with E-state index in [9.17, 15) is 9.59 Å². The van der Waals surface area contributed by atoms with Gasteiger partial charge in [0.1, 0.15) is 6.61 Å². The van der Waals surface area contributed by atoms with Gasteiger partial charge >= 0.3 is 11.9 Å². The second kappa shape index (κ2) is 15.1. The summed E-state index contributed by atoms with van der Waals surface area (Å²) in [6, 6.07) is 9.79. The van der Waals surface area contributed by atoms with Crippen LogP contribution in [0.4, 0.5) is 0 Å². The molecule has 0 N–H and O–H groups in total. The van der Waals surface area contributed by atoms with Crippen LogP contribution in [0, 0.1) is 11.8 Å². The lowest BCUT2D eigenvalue weighted by Crippen LogP contribution is -2.16. The lowest BCUT2D eigenvalue weighted by Gasteiger charge is -2.22. The van der Waals surface area contributed by atoms with Crippen LogP contribution in [0.5, 0.6) is 0 Å². The number of hydrogen-bond acceptors (Lipinski definition) is 4. The third kappa shape index (κ3) is 11.1. The molecule has 0 aromatic heterocycles. The summed E-state index contributed by atoms with van der Waals surface area (Å²) in [6.07, 6.45) is 9.52. The summed E-state index contributed by atoms with van der Waals surface area (Å²) in [5.74, 6) is 0.704. The highest BCUT2D eigenvalue weighted by Crippen LogP contribution is 2.28. The summed E-state index contributed by atoms with van der Waals surface area (Å²) in [5.41, 5.74) is 1.01. The van der Waals surface area contributed by atoms with Crippen LogP contribution in [0.25, 0.3) is 0 Å². The normalized spacial score (nSPS) is 13.0. The Morgan fingerprint density at radius 1 is 0.929 bits per heavy atom. The minimum absolute atomic E-state index is 0.118. The number of benzene rings is 1. The summed E-state index contributed by atoms with van der Waals surface area (Å²) in [7, 11) is 1.42. The molecule has 0 spiro atoms. The van der Waals surface area contributed by atoms with E-state index < -0.39 is 0 Å². The third-order valence-corrected chi connectivity index (χ3v) is 5.38. The van der Waals surface area contributed by atoms with E-state index in [1.807, 2.05) is 30.3 Å². The Kier molecular flexibility index (Phi) is 13.1. The van der Waals surface area contributed by atoms with Crippen LogP contribution in [0.15, 0.2) is 30.3 Å². The van der Waals surface area contributed by atoms with Gasteiger partial charge in [-0.25, -0.2) is 0 Å². The van der Waals surface area contributed by atoms with Crippen molar-refractivity contribution in [2.45, 2.75) is 84.7 Å². The standard InChI is InChI=1S/C24H38O4/c1-4-6-12-20(5-2)17-22(15-10-11-16-23(25)27-3)18-24(26)28-19-21-13-8-7-9-14-21/h7-9,13-14,20,22H,4-6,10-12,15-19H2,1-3H3. The highest BCUT2D eigenvalue weighted by Gasteiger charge is 2.19. The predicted molar refractivity (Wildman–Crippen MR) is 113 cm³/mol. The Balaban J connectivity index is 2.51. The number of unbranched alkanes of at least 4 members (excludes halogenated alkanes) is 2. The van der Waals surface area contributed by atoms with Crippen LogP contribution < -0.4 is 0 Å². The van der Waals surface area contributed by atoms with Gasteiger partial charge in [-0.05, 0) is 36.7 Å². The van der Waals surface area contributed by atoms with Crippen molar-refractivity contribution in [2.75, 3.05) is 7.11 Å². The zero-order valence-electron chi connectivity index (χ0n) is 18.0. The summed E-state index contributed by atoms with van der Waals surface area (Å²) in [5, 5.41) is 0. The van der Waals surface area contributed by atoms with Crippen molar-refractivity contribution < 1.29 is 19.1 Å². The second-order valence-electron chi connectivity index (χ2n) is 7.69. The molecule has 1 aromatic carbocycles. The first-order chi connectivity index (χ1) is 13.6. The molecule has 0 amide bonds. The number of carbonyl (C=O) groups is 2. The number of esters is 2. The lowest BCUT2D eigenvalue weighted by atomic mass is 9.84. The molecule has 0 saturated carbocycles. The van der Waals surface area contributed by atoms with E-state index in [4.69, 9.17) is 9.47 Å². The van der Waals surface area contributed by atoms with Crippen LogP contribution in [0.1, 0.15) is 83.6 Å². The minimum Gasteiger partial charge on any atom is -0.469 e. The quantitative estimate of drug-likeness (QED) is 0.269. The van der Waals surface area contributed by atoms with E-state index >= 15 is 0 Å². The number of methoxy groups -OCH3 is 1. The van der Waals surface area contributed by atoms with Gasteiger partial charge < -0.3 is 9.47 Å². The number of carbonyl (C=O) groups excluding carboxylic acids is 2. The molecule has 4 nitrogen and oxygen atoms in total. The summed E-state index contributed by atoms with van der Waals surface area (Å²) in [6.45, 7) is 4.79. The van der Waals surface area contributed by atoms with E-state index in [1.54, 1.807) is 0 Å². The fourth-order valence-electron chi connectivity index (χ4n) is 3.59. The molecule has 0 radical (unpaired) electrons. The molecule has 0 heterocycles. The lowest BCUT2D eigenvalue weighted by molar-refractivity contribution is -0.146. The highest BCUT2D eigenvalue weighted by atomic mass is 16.5. The Bertz CT molecular complexity index is 541. The maximum atomic E-state index is 12.4.